The van der Waals surface area contributed by atoms with E-state index < -0.39 is 6.10 Å². The highest BCUT2D eigenvalue weighted by Crippen LogP contribution is 2.23. The van der Waals surface area contributed by atoms with Crippen LogP contribution in [0.5, 0.6) is 0 Å². The van der Waals surface area contributed by atoms with Crippen molar-refractivity contribution in [1.82, 2.24) is 14.8 Å². The summed E-state index contributed by atoms with van der Waals surface area (Å²) in [6.45, 7) is 9.90. The minimum Gasteiger partial charge on any atom is -0.467 e. The van der Waals surface area contributed by atoms with E-state index in [0.29, 0.717) is 45.2 Å². The van der Waals surface area contributed by atoms with E-state index in [0.717, 1.165) is 23.9 Å². The number of amides is 1. The van der Waals surface area contributed by atoms with E-state index >= 15 is 0 Å². The molecule has 0 saturated heterocycles. The Bertz CT molecular complexity index is 1370. The van der Waals surface area contributed by atoms with Gasteiger partial charge < -0.3 is 28.9 Å². The van der Waals surface area contributed by atoms with Gasteiger partial charge in [0, 0.05) is 57.0 Å². The highest BCUT2D eigenvalue weighted by Gasteiger charge is 2.21. The van der Waals surface area contributed by atoms with Crippen molar-refractivity contribution in [3.63, 3.8) is 0 Å². The largest absolute Gasteiger partial charge is 0.467 e. The summed E-state index contributed by atoms with van der Waals surface area (Å²) in [6.07, 6.45) is 4.40. The highest BCUT2D eigenvalue weighted by atomic mass is 16.5. The van der Waals surface area contributed by atoms with Crippen molar-refractivity contribution in [2.24, 2.45) is 0 Å². The Kier molecular flexibility index (Phi) is 12.0. The fraction of sp³-hybridized carbons (Fsp3) is 0.457. The molecule has 2 heterocycles. The van der Waals surface area contributed by atoms with Gasteiger partial charge in [0.25, 0.3) is 0 Å². The smallest absolute Gasteiger partial charge is 0.237 e. The molecule has 1 unspecified atom stereocenters. The van der Waals surface area contributed by atoms with Crippen LogP contribution in [0.4, 0.5) is 0 Å². The van der Waals surface area contributed by atoms with Gasteiger partial charge in [-0.2, -0.15) is 0 Å². The maximum atomic E-state index is 13.9. The monoisotopic (exact) mass is 589 g/mol. The predicted octanol–water partition coefficient (Wildman–Crippen LogP) is 5.55. The van der Waals surface area contributed by atoms with Crippen LogP contribution in [0.2, 0.25) is 0 Å². The molecule has 0 aliphatic heterocycles. The van der Waals surface area contributed by atoms with Crippen molar-refractivity contribution in [2.45, 2.75) is 58.3 Å². The molecule has 0 saturated carbocycles. The number of aliphatic hydroxyl groups excluding tert-OH is 1. The number of nitrogens with one attached hydrogen (secondary N) is 1. The van der Waals surface area contributed by atoms with Crippen LogP contribution in [-0.4, -0.2) is 78.4 Å². The highest BCUT2D eigenvalue weighted by molar-refractivity contribution is 5.83. The zero-order chi connectivity index (χ0) is 30.7. The Morgan fingerprint density at radius 3 is 2.56 bits per heavy atom. The van der Waals surface area contributed by atoms with Crippen molar-refractivity contribution >= 4 is 16.8 Å². The van der Waals surface area contributed by atoms with Crippen LogP contribution in [0.3, 0.4) is 0 Å². The topological polar surface area (TPSA) is 91.2 Å². The lowest BCUT2D eigenvalue weighted by molar-refractivity contribution is -0.133. The van der Waals surface area contributed by atoms with Crippen molar-refractivity contribution in [3.8, 4) is 0 Å². The maximum absolute atomic E-state index is 13.9. The van der Waals surface area contributed by atoms with E-state index in [4.69, 9.17) is 13.9 Å². The number of nitrogens with zero attached hydrogens (tertiary/aromatic N) is 2. The lowest BCUT2D eigenvalue weighted by Gasteiger charge is -2.29. The first-order valence-electron chi connectivity index (χ1n) is 15.1. The summed E-state index contributed by atoms with van der Waals surface area (Å²) in [5, 5.41) is 11.9. The molecule has 8 heteroatoms. The number of aromatic nitrogens is 1. The number of ether oxygens (including phenoxy) is 2. The predicted molar refractivity (Wildman–Crippen MR) is 170 cm³/mol. The van der Waals surface area contributed by atoms with Crippen LogP contribution in [0, 0.1) is 0 Å². The first-order chi connectivity index (χ1) is 20.7. The van der Waals surface area contributed by atoms with Gasteiger partial charge in [-0.25, -0.2) is 0 Å². The number of rotatable bonds is 17. The van der Waals surface area contributed by atoms with E-state index in [1.54, 1.807) is 13.4 Å². The summed E-state index contributed by atoms with van der Waals surface area (Å²) < 4.78 is 16.2. The molecule has 4 rings (SSSR count). The molecular formula is C35H47N3O5. The number of aliphatic hydroxyl groups is 1. The number of carbonyl (C=O) groups excluding carboxylic acids is 1. The average Bonchev–Trinajstić information content (AvgIpc) is 3.65. The molecule has 0 aliphatic rings. The molecule has 2 N–H and O–H groups in total. The zero-order valence-corrected chi connectivity index (χ0v) is 26.1. The van der Waals surface area contributed by atoms with Crippen LogP contribution in [-0.2, 0) is 39.3 Å². The molecule has 2 aromatic carbocycles. The fourth-order valence-corrected chi connectivity index (χ4v) is 5.22. The summed E-state index contributed by atoms with van der Waals surface area (Å²) in [5.74, 6) is 0.738. The molecule has 232 valence electrons. The van der Waals surface area contributed by atoms with Crippen molar-refractivity contribution in [2.75, 3.05) is 46.5 Å². The molecule has 43 heavy (non-hydrogen) atoms. The van der Waals surface area contributed by atoms with Gasteiger partial charge in [0.15, 0.2) is 0 Å². The summed E-state index contributed by atoms with van der Waals surface area (Å²) in [5.41, 5.74) is 4.71. The van der Waals surface area contributed by atoms with E-state index in [9.17, 15) is 9.90 Å². The number of aromatic amines is 1. The Morgan fingerprint density at radius 2 is 1.84 bits per heavy atom. The lowest BCUT2D eigenvalue weighted by atomic mass is 9.87. The number of fused-ring (bicyclic) bond motifs is 1. The first kappa shape index (κ1) is 32.5. The van der Waals surface area contributed by atoms with Gasteiger partial charge in [0.1, 0.15) is 12.4 Å². The molecule has 4 aromatic rings. The first-order valence-corrected chi connectivity index (χ1v) is 15.1. The molecule has 8 nitrogen and oxygen atoms in total. The van der Waals surface area contributed by atoms with Gasteiger partial charge in [-0.3, -0.25) is 9.69 Å². The number of carbonyl (C=O) groups is 1. The third-order valence-electron chi connectivity index (χ3n) is 7.66. The number of hydrogen-bond donors (Lipinski definition) is 2. The Morgan fingerprint density at radius 1 is 1.05 bits per heavy atom. The molecule has 2 aromatic heterocycles. The van der Waals surface area contributed by atoms with E-state index in [1.807, 2.05) is 40.3 Å². The van der Waals surface area contributed by atoms with Crippen LogP contribution in [0.1, 0.15) is 49.6 Å². The lowest BCUT2D eigenvalue weighted by Crippen LogP contribution is -2.44. The van der Waals surface area contributed by atoms with Gasteiger partial charge in [-0.05, 0) is 53.1 Å². The average molecular weight is 590 g/mol. The summed E-state index contributed by atoms with van der Waals surface area (Å²) in [4.78, 5) is 21.2. The number of H-pyrrole nitrogens is 1. The second kappa shape index (κ2) is 15.9. The van der Waals surface area contributed by atoms with Crippen LogP contribution in [0.25, 0.3) is 10.9 Å². The number of furan rings is 1. The normalized spacial score (nSPS) is 12.7. The van der Waals surface area contributed by atoms with E-state index in [-0.39, 0.29) is 24.5 Å². The van der Waals surface area contributed by atoms with E-state index in [1.165, 1.54) is 16.5 Å². The third kappa shape index (κ3) is 10.1. The number of benzene rings is 2. The van der Waals surface area contributed by atoms with Gasteiger partial charge in [0.2, 0.25) is 5.91 Å². The minimum atomic E-state index is -0.741. The molecule has 0 aliphatic carbocycles. The van der Waals surface area contributed by atoms with Crippen LogP contribution >= 0.6 is 0 Å². The maximum Gasteiger partial charge on any atom is 0.237 e. The number of para-hydroxylation sites is 1. The molecule has 0 fully saturated rings. The molecule has 0 spiro atoms. The van der Waals surface area contributed by atoms with Crippen LogP contribution < -0.4 is 0 Å². The van der Waals surface area contributed by atoms with E-state index in [2.05, 4.69) is 62.2 Å². The van der Waals surface area contributed by atoms with Gasteiger partial charge in [-0.1, -0.05) is 63.2 Å². The van der Waals surface area contributed by atoms with Gasteiger partial charge in [-0.15, -0.1) is 0 Å². The van der Waals surface area contributed by atoms with Crippen molar-refractivity contribution in [3.05, 3.63) is 95.6 Å². The summed E-state index contributed by atoms with van der Waals surface area (Å²) in [6, 6.07) is 20.5. The van der Waals surface area contributed by atoms with Crippen molar-refractivity contribution in [1.29, 1.82) is 0 Å². The molecular weight excluding hydrogens is 542 g/mol. The molecule has 1 atom stereocenters. The second-order valence-electron chi connectivity index (χ2n) is 12.2. The third-order valence-corrected chi connectivity index (χ3v) is 7.66. The Balaban J connectivity index is 1.44. The zero-order valence-electron chi connectivity index (χ0n) is 26.1. The molecule has 0 radical (unpaired) electrons. The molecule has 1 amide bonds. The Labute approximate surface area is 255 Å². The Hall–Kier alpha value is -3.43. The SMILES string of the molecule is COCCCN(CC(=O)N(CCc1c[nH]c2ccccc12)Cc1ccc(C(C)(C)C)cc1)CC(O)COCc1ccco1. The minimum absolute atomic E-state index is 0.0286. The van der Waals surface area contributed by atoms with Crippen LogP contribution in [0.15, 0.2) is 77.5 Å². The van der Waals surface area contributed by atoms with Gasteiger partial charge in [0.05, 0.1) is 25.5 Å². The standard InChI is InChI=1S/C35H47N3O5/c1-35(2,3)29-14-12-27(13-15-29)22-38(18-16-28-21-36-33-11-6-5-10-32(28)33)34(40)24-37(17-8-19-41-4)23-30(39)25-42-26-31-9-7-20-43-31/h5-7,9-15,20-21,30,36,39H,8,16-19,22-26H2,1-4H3. The number of methoxy groups -OCH3 is 1. The molecule has 0 bridgehead atoms. The second-order valence-corrected chi connectivity index (χ2v) is 12.2. The summed E-state index contributed by atoms with van der Waals surface area (Å²) in [7, 11) is 1.67. The quantitative estimate of drug-likeness (QED) is 0.157. The summed E-state index contributed by atoms with van der Waals surface area (Å²) >= 11 is 0. The fourth-order valence-electron chi connectivity index (χ4n) is 5.22. The number of hydrogen-bond acceptors (Lipinski definition) is 6. The van der Waals surface area contributed by atoms with Gasteiger partial charge >= 0.3 is 0 Å². The van der Waals surface area contributed by atoms with Crippen molar-refractivity contribution < 1.29 is 23.8 Å².